The van der Waals surface area contributed by atoms with Gasteiger partial charge in [0.2, 0.25) is 5.91 Å². The van der Waals surface area contributed by atoms with E-state index in [0.717, 1.165) is 19.5 Å². The molecule has 5 nitrogen and oxygen atoms in total. The van der Waals surface area contributed by atoms with Crippen LogP contribution in [-0.2, 0) is 9.59 Å². The second kappa shape index (κ2) is 6.48. The summed E-state index contributed by atoms with van der Waals surface area (Å²) >= 11 is 0. The first-order valence-corrected chi connectivity index (χ1v) is 5.77. The molecule has 1 fully saturated rings. The minimum absolute atomic E-state index is 0.173. The van der Waals surface area contributed by atoms with Crippen LogP contribution in [0.25, 0.3) is 0 Å². The molecule has 0 aromatic heterocycles. The molecular formula is C11H20N2O3. The molecule has 92 valence electrons. The van der Waals surface area contributed by atoms with E-state index in [1.54, 1.807) is 0 Å². The van der Waals surface area contributed by atoms with E-state index in [0.29, 0.717) is 25.3 Å². The van der Waals surface area contributed by atoms with Crippen molar-refractivity contribution >= 4 is 11.9 Å². The van der Waals surface area contributed by atoms with E-state index in [2.05, 4.69) is 5.32 Å². The molecule has 1 amide bonds. The third-order valence-corrected chi connectivity index (χ3v) is 2.99. The first-order chi connectivity index (χ1) is 7.63. The molecule has 1 aliphatic heterocycles. The van der Waals surface area contributed by atoms with Crippen molar-refractivity contribution in [1.29, 1.82) is 0 Å². The maximum atomic E-state index is 11.7. The molecule has 1 atom stereocenters. The van der Waals surface area contributed by atoms with Gasteiger partial charge in [-0.25, -0.2) is 0 Å². The third-order valence-electron chi connectivity index (χ3n) is 2.99. The zero-order chi connectivity index (χ0) is 12.0. The molecule has 1 heterocycles. The van der Waals surface area contributed by atoms with Crippen LogP contribution in [0.1, 0.15) is 25.7 Å². The minimum Gasteiger partial charge on any atom is -0.481 e. The predicted octanol–water partition coefficient (Wildman–Crippen LogP) is 0.309. The van der Waals surface area contributed by atoms with E-state index in [1.165, 1.54) is 0 Å². The summed E-state index contributed by atoms with van der Waals surface area (Å²) in [5, 5.41) is 11.5. The third kappa shape index (κ3) is 4.18. The quantitative estimate of drug-likeness (QED) is 0.686. The van der Waals surface area contributed by atoms with E-state index >= 15 is 0 Å². The maximum absolute atomic E-state index is 11.7. The Labute approximate surface area is 95.8 Å². The van der Waals surface area contributed by atoms with Gasteiger partial charge in [-0.3, -0.25) is 9.59 Å². The molecule has 16 heavy (non-hydrogen) atoms. The van der Waals surface area contributed by atoms with Gasteiger partial charge in [-0.05, 0) is 25.8 Å². The van der Waals surface area contributed by atoms with E-state index in [-0.39, 0.29) is 12.3 Å². The first kappa shape index (κ1) is 13.0. The van der Waals surface area contributed by atoms with Crippen LogP contribution in [-0.4, -0.2) is 48.6 Å². The van der Waals surface area contributed by atoms with Crippen molar-refractivity contribution in [3.8, 4) is 0 Å². The fraction of sp³-hybridized carbons (Fsp3) is 0.818. The molecule has 0 aliphatic carbocycles. The van der Waals surface area contributed by atoms with Crippen LogP contribution in [0.15, 0.2) is 0 Å². The molecule has 1 saturated heterocycles. The fourth-order valence-electron chi connectivity index (χ4n) is 2.01. The molecule has 1 rings (SSSR count). The van der Waals surface area contributed by atoms with Gasteiger partial charge in [-0.1, -0.05) is 0 Å². The Bertz CT molecular complexity index is 256. The number of nitrogens with one attached hydrogen (secondary N) is 1. The lowest BCUT2D eigenvalue weighted by molar-refractivity contribution is -0.137. The number of carboxylic acid groups (broad SMARTS) is 1. The van der Waals surface area contributed by atoms with Crippen molar-refractivity contribution < 1.29 is 14.7 Å². The van der Waals surface area contributed by atoms with Gasteiger partial charge in [-0.15, -0.1) is 0 Å². The molecule has 0 aromatic rings. The number of aliphatic carboxylic acids is 1. The van der Waals surface area contributed by atoms with Crippen LogP contribution in [0.3, 0.4) is 0 Å². The summed E-state index contributed by atoms with van der Waals surface area (Å²) in [6.07, 6.45) is 2.37. The number of amides is 1. The van der Waals surface area contributed by atoms with Gasteiger partial charge in [0.25, 0.3) is 0 Å². The average Bonchev–Trinajstić information content (AvgIpc) is 2.71. The van der Waals surface area contributed by atoms with Gasteiger partial charge in [0.15, 0.2) is 0 Å². The lowest BCUT2D eigenvalue weighted by Crippen LogP contribution is -2.30. The second-order valence-electron chi connectivity index (χ2n) is 4.28. The molecule has 2 N–H and O–H groups in total. The van der Waals surface area contributed by atoms with Crippen molar-refractivity contribution in [2.24, 2.45) is 5.92 Å². The molecule has 0 radical (unpaired) electrons. The zero-order valence-corrected chi connectivity index (χ0v) is 9.74. The van der Waals surface area contributed by atoms with Crippen LogP contribution in [0, 0.1) is 5.92 Å². The van der Waals surface area contributed by atoms with Gasteiger partial charge in [0.05, 0.1) is 0 Å². The molecule has 0 spiro atoms. The summed E-state index contributed by atoms with van der Waals surface area (Å²) in [5.41, 5.74) is 0. The zero-order valence-electron chi connectivity index (χ0n) is 9.74. The summed E-state index contributed by atoms with van der Waals surface area (Å²) in [6.45, 7) is 2.22. The highest BCUT2D eigenvalue weighted by molar-refractivity contribution is 5.76. The topological polar surface area (TPSA) is 69.6 Å². The van der Waals surface area contributed by atoms with Gasteiger partial charge in [0.1, 0.15) is 0 Å². The number of carbonyl (C=O) groups is 2. The van der Waals surface area contributed by atoms with Crippen LogP contribution < -0.4 is 5.32 Å². The van der Waals surface area contributed by atoms with Gasteiger partial charge >= 0.3 is 5.97 Å². The van der Waals surface area contributed by atoms with Crippen LogP contribution in [0.2, 0.25) is 0 Å². The molecule has 1 unspecified atom stereocenters. The lowest BCUT2D eigenvalue weighted by Gasteiger charge is -2.16. The van der Waals surface area contributed by atoms with Crippen LogP contribution in [0.5, 0.6) is 0 Å². The predicted molar refractivity (Wildman–Crippen MR) is 60.1 cm³/mol. The number of carboxylic acids is 1. The van der Waals surface area contributed by atoms with E-state index in [1.807, 2.05) is 11.9 Å². The Morgan fingerprint density at radius 1 is 1.44 bits per heavy atom. The van der Waals surface area contributed by atoms with E-state index in [4.69, 9.17) is 5.11 Å². The Kier molecular flexibility index (Phi) is 5.25. The molecule has 0 aromatic carbocycles. The summed E-state index contributed by atoms with van der Waals surface area (Å²) in [6, 6.07) is 0. The van der Waals surface area contributed by atoms with Crippen molar-refractivity contribution in [2.75, 3.05) is 26.7 Å². The van der Waals surface area contributed by atoms with Crippen molar-refractivity contribution in [3.05, 3.63) is 0 Å². The van der Waals surface area contributed by atoms with Crippen LogP contribution in [0.4, 0.5) is 0 Å². The highest BCUT2D eigenvalue weighted by atomic mass is 16.4. The Morgan fingerprint density at radius 3 is 2.81 bits per heavy atom. The molecular weight excluding hydrogens is 208 g/mol. The Morgan fingerprint density at radius 2 is 2.19 bits per heavy atom. The standard InChI is InChI=1S/C11H20N2O3/c1-12-6-4-10(14)13-7-5-9(8-13)2-3-11(15)16/h9,12H,2-8H2,1H3,(H,15,16). The average molecular weight is 228 g/mol. The number of hydrogen-bond acceptors (Lipinski definition) is 3. The van der Waals surface area contributed by atoms with Crippen molar-refractivity contribution in [2.45, 2.75) is 25.7 Å². The van der Waals surface area contributed by atoms with E-state index in [9.17, 15) is 9.59 Å². The smallest absolute Gasteiger partial charge is 0.303 e. The SMILES string of the molecule is CNCCC(=O)N1CCC(CCC(=O)O)C1. The minimum atomic E-state index is -0.750. The molecule has 5 heteroatoms. The first-order valence-electron chi connectivity index (χ1n) is 5.77. The lowest BCUT2D eigenvalue weighted by atomic mass is 10.0. The van der Waals surface area contributed by atoms with Crippen LogP contribution >= 0.6 is 0 Å². The molecule has 1 aliphatic rings. The Hall–Kier alpha value is -1.10. The van der Waals surface area contributed by atoms with E-state index < -0.39 is 5.97 Å². The van der Waals surface area contributed by atoms with Gasteiger partial charge in [-0.2, -0.15) is 0 Å². The maximum Gasteiger partial charge on any atom is 0.303 e. The normalized spacial score (nSPS) is 20.1. The molecule has 0 bridgehead atoms. The highest BCUT2D eigenvalue weighted by Gasteiger charge is 2.25. The largest absolute Gasteiger partial charge is 0.481 e. The second-order valence-corrected chi connectivity index (χ2v) is 4.28. The number of nitrogens with zero attached hydrogens (tertiary/aromatic N) is 1. The molecule has 0 saturated carbocycles. The Balaban J connectivity index is 2.23. The number of carbonyl (C=O) groups excluding carboxylic acids is 1. The van der Waals surface area contributed by atoms with Crippen molar-refractivity contribution in [3.63, 3.8) is 0 Å². The number of hydrogen-bond donors (Lipinski definition) is 2. The van der Waals surface area contributed by atoms with Gasteiger partial charge in [0, 0.05) is 32.5 Å². The van der Waals surface area contributed by atoms with Gasteiger partial charge < -0.3 is 15.3 Å². The van der Waals surface area contributed by atoms with Crippen molar-refractivity contribution in [1.82, 2.24) is 10.2 Å². The summed E-state index contributed by atoms with van der Waals surface area (Å²) in [4.78, 5) is 23.9. The summed E-state index contributed by atoms with van der Waals surface area (Å²) in [7, 11) is 1.83. The monoisotopic (exact) mass is 228 g/mol. The summed E-state index contributed by atoms with van der Waals surface area (Å²) in [5.74, 6) is -0.207. The highest BCUT2D eigenvalue weighted by Crippen LogP contribution is 2.21. The number of rotatable bonds is 6. The number of likely N-dealkylation sites (tertiary alicyclic amines) is 1. The fourth-order valence-corrected chi connectivity index (χ4v) is 2.01. The summed E-state index contributed by atoms with van der Waals surface area (Å²) < 4.78 is 0.